The highest BCUT2D eigenvalue weighted by Gasteiger charge is 2.26. The van der Waals surface area contributed by atoms with Crippen LogP contribution in [0.4, 0.5) is 5.69 Å². The van der Waals surface area contributed by atoms with E-state index in [1.54, 1.807) is 12.3 Å². The molecule has 122 valence electrons. The zero-order valence-corrected chi connectivity index (χ0v) is 13.3. The number of amides is 1. The van der Waals surface area contributed by atoms with Crippen LogP contribution in [0.1, 0.15) is 39.0 Å². The molecule has 0 radical (unpaired) electrons. The number of nitrogens with one attached hydrogen (secondary N) is 1. The predicted molar refractivity (Wildman–Crippen MR) is 90.3 cm³/mol. The highest BCUT2D eigenvalue weighted by atomic mass is 16.4. The molecule has 1 amide bonds. The second-order valence-electron chi connectivity index (χ2n) is 5.61. The highest BCUT2D eigenvalue weighted by Crippen LogP contribution is 2.22. The molecule has 5 nitrogen and oxygen atoms in total. The Labute approximate surface area is 135 Å². The van der Waals surface area contributed by atoms with E-state index < -0.39 is 17.8 Å². The van der Waals surface area contributed by atoms with Gasteiger partial charge in [0.1, 0.15) is 5.92 Å². The Balaban J connectivity index is 2.09. The standard InChI is InChI=1S/C18H22N2O3/c1-2-3-4-5-10-14(18(22)23)17(21)20-15-11-6-8-13-9-7-12-19-16(13)15/h6-9,11-12,14H,2-5,10H2,1H3,(H,20,21)(H,22,23). The van der Waals surface area contributed by atoms with Crippen LogP contribution in [-0.4, -0.2) is 22.0 Å². The SMILES string of the molecule is CCCCCCC(C(=O)O)C(=O)Nc1cccc2cccnc12. The third kappa shape index (κ3) is 4.52. The molecule has 0 saturated heterocycles. The van der Waals surface area contributed by atoms with Crippen LogP contribution in [0.15, 0.2) is 36.5 Å². The third-order valence-corrected chi connectivity index (χ3v) is 3.85. The number of carbonyl (C=O) groups excluding carboxylic acids is 1. The molecule has 0 aliphatic rings. The zero-order chi connectivity index (χ0) is 16.7. The van der Waals surface area contributed by atoms with Crippen molar-refractivity contribution in [3.8, 4) is 0 Å². The van der Waals surface area contributed by atoms with Crippen LogP contribution in [0.25, 0.3) is 10.9 Å². The van der Waals surface area contributed by atoms with E-state index in [4.69, 9.17) is 0 Å². The van der Waals surface area contributed by atoms with E-state index in [1.165, 1.54) is 0 Å². The summed E-state index contributed by atoms with van der Waals surface area (Å²) in [7, 11) is 0. The number of unbranched alkanes of at least 4 members (excludes halogenated alkanes) is 3. The molecule has 1 unspecified atom stereocenters. The second kappa shape index (κ2) is 8.27. The number of pyridine rings is 1. The fourth-order valence-electron chi connectivity index (χ4n) is 2.57. The molecule has 1 aromatic heterocycles. The number of hydrogen-bond donors (Lipinski definition) is 2. The van der Waals surface area contributed by atoms with Gasteiger partial charge in [-0.15, -0.1) is 0 Å². The van der Waals surface area contributed by atoms with E-state index in [9.17, 15) is 14.7 Å². The van der Waals surface area contributed by atoms with Crippen LogP contribution >= 0.6 is 0 Å². The molecule has 0 aliphatic carbocycles. The van der Waals surface area contributed by atoms with Crippen molar-refractivity contribution in [2.45, 2.75) is 39.0 Å². The summed E-state index contributed by atoms with van der Waals surface area (Å²) < 4.78 is 0. The Morgan fingerprint density at radius 2 is 1.96 bits per heavy atom. The number of aliphatic carboxylic acids is 1. The van der Waals surface area contributed by atoms with Gasteiger partial charge in [0, 0.05) is 11.6 Å². The topological polar surface area (TPSA) is 79.3 Å². The first-order chi connectivity index (χ1) is 11.1. The largest absolute Gasteiger partial charge is 0.481 e. The maximum Gasteiger partial charge on any atom is 0.316 e. The Hall–Kier alpha value is -2.43. The number of aromatic nitrogens is 1. The van der Waals surface area contributed by atoms with Crippen molar-refractivity contribution in [3.63, 3.8) is 0 Å². The lowest BCUT2D eigenvalue weighted by Crippen LogP contribution is -2.29. The highest BCUT2D eigenvalue weighted by molar-refractivity contribution is 6.07. The van der Waals surface area contributed by atoms with E-state index in [0.717, 1.165) is 31.1 Å². The number of fused-ring (bicyclic) bond motifs is 1. The molecule has 2 aromatic rings. The molecule has 1 heterocycles. The summed E-state index contributed by atoms with van der Waals surface area (Å²) in [5, 5.41) is 12.9. The van der Waals surface area contributed by atoms with Crippen LogP contribution < -0.4 is 5.32 Å². The Kier molecular flexibility index (Phi) is 6.09. The lowest BCUT2D eigenvalue weighted by atomic mass is 9.99. The second-order valence-corrected chi connectivity index (χ2v) is 5.61. The monoisotopic (exact) mass is 314 g/mol. The zero-order valence-electron chi connectivity index (χ0n) is 13.3. The van der Waals surface area contributed by atoms with Gasteiger partial charge in [-0.3, -0.25) is 14.6 Å². The van der Waals surface area contributed by atoms with Gasteiger partial charge in [-0.25, -0.2) is 0 Å². The number of nitrogens with zero attached hydrogens (tertiary/aromatic N) is 1. The molecular weight excluding hydrogens is 292 g/mol. The lowest BCUT2D eigenvalue weighted by Gasteiger charge is -2.13. The van der Waals surface area contributed by atoms with E-state index >= 15 is 0 Å². The van der Waals surface area contributed by atoms with Gasteiger partial charge in [0.05, 0.1) is 11.2 Å². The molecule has 0 fully saturated rings. The van der Waals surface area contributed by atoms with Gasteiger partial charge in [0.25, 0.3) is 0 Å². The van der Waals surface area contributed by atoms with Crippen molar-refractivity contribution in [2.24, 2.45) is 5.92 Å². The van der Waals surface area contributed by atoms with Gasteiger partial charge in [0.2, 0.25) is 5.91 Å². The summed E-state index contributed by atoms with van der Waals surface area (Å²) in [4.78, 5) is 28.0. The van der Waals surface area contributed by atoms with Crippen LogP contribution in [0.3, 0.4) is 0 Å². The van der Waals surface area contributed by atoms with Crippen LogP contribution in [0.2, 0.25) is 0 Å². The maximum atomic E-state index is 12.3. The van der Waals surface area contributed by atoms with Crippen LogP contribution in [-0.2, 0) is 9.59 Å². The Bertz CT molecular complexity index is 680. The minimum Gasteiger partial charge on any atom is -0.481 e. The number of benzene rings is 1. The average Bonchev–Trinajstić information content (AvgIpc) is 2.54. The number of rotatable bonds is 8. The van der Waals surface area contributed by atoms with Gasteiger partial charge >= 0.3 is 5.97 Å². The lowest BCUT2D eigenvalue weighted by molar-refractivity contribution is -0.145. The molecule has 5 heteroatoms. The minimum atomic E-state index is -1.08. The molecule has 0 bridgehead atoms. The van der Waals surface area contributed by atoms with Gasteiger partial charge < -0.3 is 10.4 Å². The molecule has 2 rings (SSSR count). The molecule has 1 aromatic carbocycles. The van der Waals surface area contributed by atoms with Gasteiger partial charge in [0.15, 0.2) is 0 Å². The fraction of sp³-hybridized carbons (Fsp3) is 0.389. The molecule has 2 N–H and O–H groups in total. The number of carboxylic acid groups (broad SMARTS) is 1. The Morgan fingerprint density at radius 1 is 1.17 bits per heavy atom. The molecule has 1 atom stereocenters. The first-order valence-corrected chi connectivity index (χ1v) is 8.01. The summed E-state index contributed by atoms with van der Waals surface area (Å²) >= 11 is 0. The van der Waals surface area contributed by atoms with Crippen LogP contribution in [0, 0.1) is 5.92 Å². The summed E-state index contributed by atoms with van der Waals surface area (Å²) in [6.45, 7) is 2.09. The number of hydrogen-bond acceptors (Lipinski definition) is 3. The van der Waals surface area contributed by atoms with Crippen LogP contribution in [0.5, 0.6) is 0 Å². The first kappa shape index (κ1) is 16.9. The molecule has 0 spiro atoms. The normalized spacial score (nSPS) is 12.0. The summed E-state index contributed by atoms with van der Waals surface area (Å²) in [5.74, 6) is -2.58. The van der Waals surface area contributed by atoms with Crippen molar-refractivity contribution >= 4 is 28.5 Å². The van der Waals surface area contributed by atoms with Crippen molar-refractivity contribution in [1.29, 1.82) is 0 Å². The van der Waals surface area contributed by atoms with Crippen molar-refractivity contribution < 1.29 is 14.7 Å². The molecular formula is C18H22N2O3. The number of para-hydroxylation sites is 1. The molecule has 0 saturated carbocycles. The van der Waals surface area contributed by atoms with Gasteiger partial charge in [-0.1, -0.05) is 50.8 Å². The number of carbonyl (C=O) groups is 2. The minimum absolute atomic E-state index is 0.360. The molecule has 0 aliphatic heterocycles. The average molecular weight is 314 g/mol. The van der Waals surface area contributed by atoms with E-state index in [-0.39, 0.29) is 0 Å². The van der Waals surface area contributed by atoms with E-state index in [0.29, 0.717) is 17.6 Å². The van der Waals surface area contributed by atoms with E-state index in [2.05, 4.69) is 17.2 Å². The van der Waals surface area contributed by atoms with Crippen molar-refractivity contribution in [3.05, 3.63) is 36.5 Å². The predicted octanol–water partition coefficient (Wildman–Crippen LogP) is 3.84. The third-order valence-electron chi connectivity index (χ3n) is 3.85. The molecule has 23 heavy (non-hydrogen) atoms. The first-order valence-electron chi connectivity index (χ1n) is 8.01. The van der Waals surface area contributed by atoms with E-state index in [1.807, 2.05) is 24.3 Å². The fourth-order valence-corrected chi connectivity index (χ4v) is 2.57. The van der Waals surface area contributed by atoms with Gasteiger partial charge in [-0.05, 0) is 18.6 Å². The number of carboxylic acids is 1. The smallest absolute Gasteiger partial charge is 0.316 e. The van der Waals surface area contributed by atoms with Gasteiger partial charge in [-0.2, -0.15) is 0 Å². The quantitative estimate of drug-likeness (QED) is 0.573. The van der Waals surface area contributed by atoms with Crippen molar-refractivity contribution in [1.82, 2.24) is 4.98 Å². The summed E-state index contributed by atoms with van der Waals surface area (Å²) in [6, 6.07) is 9.18. The maximum absolute atomic E-state index is 12.3. The number of anilines is 1. The summed E-state index contributed by atoms with van der Waals surface area (Å²) in [5.41, 5.74) is 1.21. The summed E-state index contributed by atoms with van der Waals surface area (Å²) in [6.07, 6.45) is 5.83. The Morgan fingerprint density at radius 3 is 2.70 bits per heavy atom. The van der Waals surface area contributed by atoms with Crippen molar-refractivity contribution in [2.75, 3.05) is 5.32 Å².